The van der Waals surface area contributed by atoms with Gasteiger partial charge >= 0.3 is 0 Å². The van der Waals surface area contributed by atoms with E-state index in [1.807, 2.05) is 6.07 Å². The highest BCUT2D eigenvalue weighted by Gasteiger charge is 2.41. The predicted molar refractivity (Wildman–Crippen MR) is 99.8 cm³/mol. The number of benzene rings is 1. The molecule has 1 aliphatic heterocycles. The molecule has 2 bridgehead atoms. The molecule has 3 unspecified atom stereocenters. The number of carbonyl (C=O) groups is 1. The van der Waals surface area contributed by atoms with E-state index in [9.17, 15) is 4.79 Å². The summed E-state index contributed by atoms with van der Waals surface area (Å²) in [5.41, 5.74) is 7.52. The molecule has 4 nitrogen and oxygen atoms in total. The van der Waals surface area contributed by atoms with Gasteiger partial charge in [0.05, 0.1) is 6.04 Å². The first kappa shape index (κ1) is 17.0. The molecule has 1 aromatic carbocycles. The predicted octanol–water partition coefficient (Wildman–Crippen LogP) is 2.67. The Kier molecular flexibility index (Phi) is 5.09. The van der Waals surface area contributed by atoms with Gasteiger partial charge in [-0.3, -0.25) is 9.69 Å². The summed E-state index contributed by atoms with van der Waals surface area (Å²) in [6.07, 6.45) is 8.03. The molecule has 3 aliphatic rings. The molecule has 1 amide bonds. The fraction of sp³-hybridized carbons (Fsp3) is 0.667. The Balaban J connectivity index is 1.40. The van der Waals surface area contributed by atoms with E-state index in [-0.39, 0.29) is 11.9 Å². The Morgan fingerprint density at radius 3 is 2.52 bits per heavy atom. The molecule has 2 aliphatic carbocycles. The molecule has 3 fully saturated rings. The number of hydrogen-bond donors (Lipinski definition) is 2. The van der Waals surface area contributed by atoms with Crippen LogP contribution in [0, 0.1) is 11.8 Å². The van der Waals surface area contributed by atoms with Crippen LogP contribution in [0.2, 0.25) is 0 Å². The van der Waals surface area contributed by atoms with Crippen molar-refractivity contribution in [3.63, 3.8) is 0 Å². The van der Waals surface area contributed by atoms with Crippen molar-refractivity contribution in [3.05, 3.63) is 35.9 Å². The van der Waals surface area contributed by atoms with Crippen molar-refractivity contribution in [2.24, 2.45) is 17.6 Å². The molecule has 25 heavy (non-hydrogen) atoms. The van der Waals surface area contributed by atoms with Crippen molar-refractivity contribution < 1.29 is 4.79 Å². The molecule has 136 valence electrons. The molecule has 4 heteroatoms. The van der Waals surface area contributed by atoms with Crippen molar-refractivity contribution in [1.29, 1.82) is 0 Å². The monoisotopic (exact) mass is 341 g/mol. The molecular formula is C21H31N3O. The Morgan fingerprint density at radius 1 is 1.08 bits per heavy atom. The minimum atomic E-state index is 0.0385. The topological polar surface area (TPSA) is 58.4 Å². The molecule has 0 radical (unpaired) electrons. The fourth-order valence-electron chi connectivity index (χ4n) is 5.42. The van der Waals surface area contributed by atoms with E-state index in [4.69, 9.17) is 5.73 Å². The minimum Gasteiger partial charge on any atom is -0.351 e. The number of nitrogens with two attached hydrogens (primary N) is 1. The maximum atomic E-state index is 13.0. The Bertz CT molecular complexity index is 576. The van der Waals surface area contributed by atoms with E-state index in [2.05, 4.69) is 34.5 Å². The number of carbonyl (C=O) groups excluding carboxylic acids is 1. The van der Waals surface area contributed by atoms with Gasteiger partial charge in [-0.25, -0.2) is 0 Å². The van der Waals surface area contributed by atoms with Crippen LogP contribution in [-0.4, -0.2) is 35.5 Å². The van der Waals surface area contributed by atoms with E-state index < -0.39 is 0 Å². The van der Waals surface area contributed by atoms with Crippen molar-refractivity contribution >= 4 is 5.91 Å². The average Bonchev–Trinajstić information content (AvgIpc) is 3.05. The van der Waals surface area contributed by atoms with E-state index in [1.165, 1.54) is 24.8 Å². The van der Waals surface area contributed by atoms with Crippen LogP contribution in [0.3, 0.4) is 0 Å². The maximum absolute atomic E-state index is 13.0. The van der Waals surface area contributed by atoms with Gasteiger partial charge in [-0.05, 0) is 62.5 Å². The number of hydrogen-bond acceptors (Lipinski definition) is 3. The van der Waals surface area contributed by atoms with Crippen molar-refractivity contribution in [3.8, 4) is 0 Å². The Labute approximate surface area is 151 Å². The first-order valence-electron chi connectivity index (χ1n) is 10.0. The van der Waals surface area contributed by atoms with E-state index >= 15 is 0 Å². The van der Waals surface area contributed by atoms with E-state index in [0.29, 0.717) is 23.9 Å². The second kappa shape index (κ2) is 7.46. The van der Waals surface area contributed by atoms with Crippen molar-refractivity contribution in [1.82, 2.24) is 10.2 Å². The number of nitrogens with zero attached hydrogens (tertiary/aromatic N) is 1. The zero-order valence-electron chi connectivity index (χ0n) is 15.1. The summed E-state index contributed by atoms with van der Waals surface area (Å²) in [5.74, 6) is 1.44. The number of likely N-dealkylation sites (tertiary alicyclic amines) is 1. The molecule has 0 spiro atoms. The standard InChI is InChI=1S/C21H31N3O/c22-18-12-16-8-4-9-17(13-18)20(16)23-21(25)19-10-5-11-24(19)14-15-6-2-1-3-7-15/h1-3,6-7,16-20H,4-5,8-14,22H2,(H,23,25). The fourth-order valence-corrected chi connectivity index (χ4v) is 5.42. The average molecular weight is 341 g/mol. The van der Waals surface area contributed by atoms with Crippen LogP contribution in [0.15, 0.2) is 30.3 Å². The molecular weight excluding hydrogens is 310 g/mol. The molecule has 4 rings (SSSR count). The highest BCUT2D eigenvalue weighted by Crippen LogP contribution is 2.39. The first-order chi connectivity index (χ1) is 12.2. The van der Waals surface area contributed by atoms with Gasteiger partial charge in [0, 0.05) is 18.6 Å². The number of nitrogens with one attached hydrogen (secondary N) is 1. The van der Waals surface area contributed by atoms with Crippen LogP contribution in [0.4, 0.5) is 0 Å². The van der Waals surface area contributed by atoms with Crippen LogP contribution in [0.5, 0.6) is 0 Å². The second-order valence-corrected chi connectivity index (χ2v) is 8.33. The van der Waals surface area contributed by atoms with Gasteiger partial charge in [-0.1, -0.05) is 36.8 Å². The largest absolute Gasteiger partial charge is 0.351 e. The summed E-state index contributed by atoms with van der Waals surface area (Å²) in [6.45, 7) is 1.90. The quantitative estimate of drug-likeness (QED) is 0.885. The second-order valence-electron chi connectivity index (χ2n) is 8.33. The molecule has 1 heterocycles. The lowest BCUT2D eigenvalue weighted by Gasteiger charge is -2.45. The van der Waals surface area contributed by atoms with Gasteiger partial charge in [0.15, 0.2) is 0 Å². The summed E-state index contributed by atoms with van der Waals surface area (Å²) >= 11 is 0. The number of fused-ring (bicyclic) bond motifs is 2. The minimum absolute atomic E-state index is 0.0385. The van der Waals surface area contributed by atoms with Crippen LogP contribution in [0.1, 0.15) is 50.5 Å². The van der Waals surface area contributed by atoms with E-state index in [1.54, 1.807) is 0 Å². The lowest BCUT2D eigenvalue weighted by atomic mass is 9.67. The van der Waals surface area contributed by atoms with Crippen LogP contribution in [-0.2, 0) is 11.3 Å². The molecule has 2 saturated carbocycles. The number of amides is 1. The van der Waals surface area contributed by atoms with Crippen LogP contribution < -0.4 is 11.1 Å². The summed E-state index contributed by atoms with van der Waals surface area (Å²) in [7, 11) is 0. The van der Waals surface area contributed by atoms with Gasteiger partial charge in [0.1, 0.15) is 0 Å². The molecule has 1 aromatic rings. The molecule has 0 aromatic heterocycles. The molecule has 1 saturated heterocycles. The highest BCUT2D eigenvalue weighted by molar-refractivity contribution is 5.82. The van der Waals surface area contributed by atoms with Gasteiger partial charge in [-0.2, -0.15) is 0 Å². The Hall–Kier alpha value is -1.39. The first-order valence-corrected chi connectivity index (χ1v) is 10.0. The summed E-state index contributed by atoms with van der Waals surface area (Å²) in [6, 6.07) is 11.2. The maximum Gasteiger partial charge on any atom is 0.237 e. The van der Waals surface area contributed by atoms with Gasteiger partial charge in [0.2, 0.25) is 5.91 Å². The summed E-state index contributed by atoms with van der Waals surface area (Å²) in [4.78, 5) is 15.4. The smallest absolute Gasteiger partial charge is 0.237 e. The number of rotatable bonds is 4. The molecule has 3 N–H and O–H groups in total. The highest BCUT2D eigenvalue weighted by atomic mass is 16.2. The van der Waals surface area contributed by atoms with Gasteiger partial charge in [-0.15, -0.1) is 0 Å². The normalized spacial score (nSPS) is 35.5. The van der Waals surface area contributed by atoms with E-state index in [0.717, 1.165) is 38.8 Å². The molecule has 3 atom stereocenters. The Morgan fingerprint density at radius 2 is 1.80 bits per heavy atom. The third-order valence-corrected chi connectivity index (χ3v) is 6.58. The van der Waals surface area contributed by atoms with Gasteiger partial charge in [0.25, 0.3) is 0 Å². The van der Waals surface area contributed by atoms with Gasteiger partial charge < -0.3 is 11.1 Å². The summed E-state index contributed by atoms with van der Waals surface area (Å²) < 4.78 is 0. The third kappa shape index (κ3) is 3.75. The SMILES string of the molecule is NC1CC2CCCC(C1)C2NC(=O)C1CCCN1Cc1ccccc1. The zero-order chi connectivity index (χ0) is 17.2. The lowest BCUT2D eigenvalue weighted by Crippen LogP contribution is -2.56. The third-order valence-electron chi connectivity index (χ3n) is 6.58. The zero-order valence-corrected chi connectivity index (χ0v) is 15.1. The lowest BCUT2D eigenvalue weighted by molar-refractivity contribution is -0.128. The van der Waals surface area contributed by atoms with Crippen molar-refractivity contribution in [2.75, 3.05) is 6.54 Å². The van der Waals surface area contributed by atoms with Crippen LogP contribution in [0.25, 0.3) is 0 Å². The summed E-state index contributed by atoms with van der Waals surface area (Å²) in [5, 5.41) is 3.46. The van der Waals surface area contributed by atoms with Crippen LogP contribution >= 0.6 is 0 Å². The van der Waals surface area contributed by atoms with Crippen molar-refractivity contribution in [2.45, 2.75) is 69.6 Å².